The highest BCUT2D eigenvalue weighted by Gasteiger charge is 2.01. The number of aromatic nitrogens is 3. The minimum absolute atomic E-state index is 0.120. The van der Waals surface area contributed by atoms with Crippen LogP contribution in [0.15, 0.2) is 18.3 Å². The average Bonchev–Trinajstić information content (AvgIpc) is 2.58. The largest absolute Gasteiger partial charge is 0.390 e. The third-order valence-electron chi connectivity index (χ3n) is 1.65. The fraction of sp³-hybridized carbons (Fsp3) is 0.125. The lowest BCUT2D eigenvalue weighted by atomic mass is 10.4. The highest BCUT2D eigenvalue weighted by atomic mass is 16.3. The second-order valence-corrected chi connectivity index (χ2v) is 2.52. The van der Waals surface area contributed by atoms with E-state index in [0.29, 0.717) is 17.0 Å². The van der Waals surface area contributed by atoms with E-state index in [4.69, 9.17) is 10.4 Å². The second-order valence-electron chi connectivity index (χ2n) is 2.52. The molecular formula is C8H6N4O. The van der Waals surface area contributed by atoms with Crippen LogP contribution in [0.3, 0.4) is 0 Å². The van der Waals surface area contributed by atoms with Crippen molar-refractivity contribution in [1.82, 2.24) is 14.6 Å². The molecule has 2 rings (SSSR count). The van der Waals surface area contributed by atoms with Gasteiger partial charge in [0, 0.05) is 12.3 Å². The number of nitriles is 1. The molecule has 0 aromatic carbocycles. The van der Waals surface area contributed by atoms with Crippen molar-refractivity contribution in [2.75, 3.05) is 0 Å². The van der Waals surface area contributed by atoms with Crippen LogP contribution in [0.25, 0.3) is 5.65 Å². The van der Waals surface area contributed by atoms with E-state index in [1.54, 1.807) is 18.3 Å². The molecule has 0 aliphatic heterocycles. The monoisotopic (exact) mass is 174 g/mol. The average molecular weight is 174 g/mol. The van der Waals surface area contributed by atoms with Gasteiger partial charge in [-0.15, -0.1) is 0 Å². The topological polar surface area (TPSA) is 74.2 Å². The molecule has 64 valence electrons. The summed E-state index contributed by atoms with van der Waals surface area (Å²) in [5.41, 5.74) is 1.46. The van der Waals surface area contributed by atoms with Crippen LogP contribution in [-0.4, -0.2) is 19.7 Å². The van der Waals surface area contributed by atoms with Gasteiger partial charge in [0.1, 0.15) is 11.8 Å². The maximum atomic E-state index is 8.80. The predicted molar refractivity (Wildman–Crippen MR) is 43.6 cm³/mol. The van der Waals surface area contributed by atoms with Crippen LogP contribution >= 0.6 is 0 Å². The van der Waals surface area contributed by atoms with Gasteiger partial charge in [0.05, 0.1) is 12.3 Å². The number of fused-ring (bicyclic) bond motifs is 1. The molecule has 0 aliphatic rings. The summed E-state index contributed by atoms with van der Waals surface area (Å²) in [7, 11) is 0. The minimum atomic E-state index is -0.120. The Morgan fingerprint density at radius 3 is 3.15 bits per heavy atom. The van der Waals surface area contributed by atoms with Crippen molar-refractivity contribution < 1.29 is 5.11 Å². The van der Waals surface area contributed by atoms with Crippen molar-refractivity contribution in [3.63, 3.8) is 0 Å². The Morgan fingerprint density at radius 2 is 2.46 bits per heavy atom. The van der Waals surface area contributed by atoms with E-state index in [1.165, 1.54) is 4.52 Å². The Labute approximate surface area is 73.9 Å². The van der Waals surface area contributed by atoms with Gasteiger partial charge >= 0.3 is 0 Å². The molecule has 0 unspecified atom stereocenters. The quantitative estimate of drug-likeness (QED) is 0.665. The van der Waals surface area contributed by atoms with Gasteiger partial charge in [0.25, 0.3) is 0 Å². The Kier molecular flexibility index (Phi) is 1.69. The van der Waals surface area contributed by atoms with Crippen LogP contribution in [-0.2, 0) is 6.61 Å². The van der Waals surface area contributed by atoms with Crippen LogP contribution in [0.5, 0.6) is 0 Å². The molecule has 5 nitrogen and oxygen atoms in total. The molecule has 0 aliphatic carbocycles. The lowest BCUT2D eigenvalue weighted by Crippen LogP contribution is -1.91. The van der Waals surface area contributed by atoms with Gasteiger partial charge in [-0.25, -0.2) is 9.50 Å². The Hall–Kier alpha value is -1.93. The third-order valence-corrected chi connectivity index (χ3v) is 1.65. The Morgan fingerprint density at radius 1 is 1.62 bits per heavy atom. The van der Waals surface area contributed by atoms with E-state index in [9.17, 15) is 0 Å². The van der Waals surface area contributed by atoms with Crippen molar-refractivity contribution in [3.8, 4) is 6.07 Å². The first-order chi connectivity index (χ1) is 6.33. The van der Waals surface area contributed by atoms with Crippen LogP contribution in [0, 0.1) is 11.3 Å². The van der Waals surface area contributed by atoms with E-state index in [2.05, 4.69) is 10.1 Å². The third kappa shape index (κ3) is 1.23. The van der Waals surface area contributed by atoms with Crippen molar-refractivity contribution in [3.05, 3.63) is 29.7 Å². The van der Waals surface area contributed by atoms with E-state index in [-0.39, 0.29) is 6.61 Å². The number of rotatable bonds is 1. The fourth-order valence-corrected chi connectivity index (χ4v) is 1.07. The van der Waals surface area contributed by atoms with Crippen LogP contribution in [0.4, 0.5) is 0 Å². The molecule has 0 amide bonds. The zero-order chi connectivity index (χ0) is 9.26. The smallest absolute Gasteiger partial charge is 0.156 e. The summed E-state index contributed by atoms with van der Waals surface area (Å²) in [5.74, 6) is 0. The van der Waals surface area contributed by atoms with Gasteiger partial charge in [0.15, 0.2) is 5.65 Å². The molecule has 2 aromatic rings. The summed E-state index contributed by atoms with van der Waals surface area (Å²) in [6, 6.07) is 5.14. The normalized spacial score (nSPS) is 10.2. The summed E-state index contributed by atoms with van der Waals surface area (Å²) >= 11 is 0. The second kappa shape index (κ2) is 2.84. The molecule has 13 heavy (non-hydrogen) atoms. The van der Waals surface area contributed by atoms with Crippen LogP contribution in [0.2, 0.25) is 0 Å². The van der Waals surface area contributed by atoms with E-state index in [1.807, 2.05) is 6.07 Å². The Balaban J connectivity index is 2.65. The standard InChI is InChI=1S/C8H6N4O/c9-4-6-1-2-12-8(10-6)3-7(5-13)11-12/h1-3,13H,5H2. The van der Waals surface area contributed by atoms with Crippen LogP contribution in [0.1, 0.15) is 11.4 Å². The van der Waals surface area contributed by atoms with E-state index in [0.717, 1.165) is 0 Å². The summed E-state index contributed by atoms with van der Waals surface area (Å²) in [5, 5.41) is 21.4. The van der Waals surface area contributed by atoms with Gasteiger partial charge in [-0.05, 0) is 6.07 Å². The molecule has 0 bridgehead atoms. The summed E-state index contributed by atoms with van der Waals surface area (Å²) in [6.45, 7) is -0.120. The minimum Gasteiger partial charge on any atom is -0.390 e. The first-order valence-electron chi connectivity index (χ1n) is 3.70. The summed E-state index contributed by atoms with van der Waals surface area (Å²) in [6.07, 6.45) is 1.64. The first kappa shape index (κ1) is 7.71. The van der Waals surface area contributed by atoms with Crippen LogP contribution < -0.4 is 0 Å². The number of nitrogens with zero attached hydrogens (tertiary/aromatic N) is 4. The van der Waals surface area contributed by atoms with Crippen molar-refractivity contribution in [1.29, 1.82) is 5.26 Å². The molecular weight excluding hydrogens is 168 g/mol. The molecule has 2 aromatic heterocycles. The fourth-order valence-electron chi connectivity index (χ4n) is 1.07. The van der Waals surface area contributed by atoms with Crippen molar-refractivity contribution in [2.24, 2.45) is 0 Å². The zero-order valence-corrected chi connectivity index (χ0v) is 6.68. The highest BCUT2D eigenvalue weighted by Crippen LogP contribution is 2.04. The summed E-state index contributed by atoms with van der Waals surface area (Å²) < 4.78 is 1.52. The molecule has 1 N–H and O–H groups in total. The van der Waals surface area contributed by atoms with Gasteiger partial charge in [-0.2, -0.15) is 10.4 Å². The molecule has 2 heterocycles. The predicted octanol–water partition coefficient (Wildman–Crippen LogP) is 0.0933. The van der Waals surface area contributed by atoms with Gasteiger partial charge in [0.2, 0.25) is 0 Å². The van der Waals surface area contributed by atoms with Crippen molar-refractivity contribution in [2.45, 2.75) is 6.61 Å². The van der Waals surface area contributed by atoms with Gasteiger partial charge in [-0.1, -0.05) is 0 Å². The highest BCUT2D eigenvalue weighted by molar-refractivity contribution is 5.41. The Bertz CT molecular complexity index is 482. The molecule has 5 heteroatoms. The first-order valence-corrected chi connectivity index (χ1v) is 3.70. The number of aliphatic hydroxyl groups excluding tert-OH is 1. The molecule has 0 saturated carbocycles. The maximum Gasteiger partial charge on any atom is 0.156 e. The molecule has 0 radical (unpaired) electrons. The molecule has 0 saturated heterocycles. The lowest BCUT2D eigenvalue weighted by Gasteiger charge is -1.90. The number of aliphatic hydroxyl groups is 1. The molecule has 0 atom stereocenters. The molecule has 0 spiro atoms. The number of hydrogen-bond acceptors (Lipinski definition) is 4. The van der Waals surface area contributed by atoms with E-state index >= 15 is 0 Å². The van der Waals surface area contributed by atoms with Gasteiger partial charge in [-0.3, -0.25) is 0 Å². The van der Waals surface area contributed by atoms with Gasteiger partial charge < -0.3 is 5.11 Å². The van der Waals surface area contributed by atoms with E-state index < -0.39 is 0 Å². The lowest BCUT2D eigenvalue weighted by molar-refractivity contribution is 0.276. The summed E-state index contributed by atoms with van der Waals surface area (Å²) in [4.78, 5) is 3.99. The maximum absolute atomic E-state index is 8.80. The zero-order valence-electron chi connectivity index (χ0n) is 6.68. The van der Waals surface area contributed by atoms with Crippen molar-refractivity contribution >= 4 is 5.65 Å². The molecule has 0 fully saturated rings. The SMILES string of the molecule is N#Cc1ccn2nc(CO)cc2n1. The number of hydrogen-bond donors (Lipinski definition) is 1.